The topological polar surface area (TPSA) is 50.2 Å². The highest BCUT2D eigenvalue weighted by molar-refractivity contribution is 5.91. The van der Waals surface area contributed by atoms with Gasteiger partial charge in [-0.3, -0.25) is 5.43 Å². The molecule has 98 valence electrons. The average Bonchev–Trinajstić information content (AvgIpc) is 2.48. The van der Waals surface area contributed by atoms with Crippen LogP contribution in [0.4, 0.5) is 10.2 Å². The maximum Gasteiger partial charge on any atom is 0.176 e. The minimum atomic E-state index is -0.293. The molecule has 5 heteroatoms. The van der Waals surface area contributed by atoms with Gasteiger partial charge in [-0.25, -0.2) is 4.39 Å². The Morgan fingerprint density at radius 2 is 2.00 bits per heavy atom. The molecule has 1 N–H and O–H groups in total. The van der Waals surface area contributed by atoms with Gasteiger partial charge in [-0.1, -0.05) is 36.4 Å². The van der Waals surface area contributed by atoms with E-state index in [9.17, 15) is 4.39 Å². The molecule has 3 aromatic rings. The van der Waals surface area contributed by atoms with E-state index in [0.717, 1.165) is 10.8 Å². The Labute approximate surface area is 115 Å². The molecule has 1 aromatic heterocycles. The number of nitrogens with one attached hydrogen (secondary N) is 1. The predicted octanol–water partition coefficient (Wildman–Crippen LogP) is 3.21. The molecule has 1 heterocycles. The van der Waals surface area contributed by atoms with E-state index in [1.807, 2.05) is 24.3 Å². The number of benzene rings is 2. The standard InChI is InChI=1S/C15H11FN4/c16-13-6-3-4-11(8-13)9-17-19-15-14-7-2-1-5-12(14)10-18-20-15/h1-10H,(H,19,20)/b17-9+. The molecule has 0 bridgehead atoms. The zero-order valence-corrected chi connectivity index (χ0v) is 10.5. The molecular weight excluding hydrogens is 255 g/mol. The van der Waals surface area contributed by atoms with Crippen LogP contribution in [0.15, 0.2) is 59.8 Å². The summed E-state index contributed by atoms with van der Waals surface area (Å²) >= 11 is 0. The SMILES string of the molecule is Fc1cccc(/C=N/Nc2nncc3ccccc23)c1. The predicted molar refractivity (Wildman–Crippen MR) is 77.2 cm³/mol. The van der Waals surface area contributed by atoms with Crippen molar-refractivity contribution in [3.05, 3.63) is 66.1 Å². The average molecular weight is 266 g/mol. The lowest BCUT2D eigenvalue weighted by Gasteiger charge is -2.02. The molecular formula is C15H11FN4. The number of hydrogen-bond acceptors (Lipinski definition) is 4. The van der Waals surface area contributed by atoms with Crippen LogP contribution < -0.4 is 5.43 Å². The molecule has 4 nitrogen and oxygen atoms in total. The fourth-order valence-corrected chi connectivity index (χ4v) is 1.87. The number of aromatic nitrogens is 2. The van der Waals surface area contributed by atoms with E-state index < -0.39 is 0 Å². The number of halogens is 1. The Kier molecular flexibility index (Phi) is 3.33. The van der Waals surface area contributed by atoms with Crippen molar-refractivity contribution in [1.82, 2.24) is 10.2 Å². The summed E-state index contributed by atoms with van der Waals surface area (Å²) in [6.07, 6.45) is 3.23. The summed E-state index contributed by atoms with van der Waals surface area (Å²) in [5.74, 6) is 0.273. The van der Waals surface area contributed by atoms with Gasteiger partial charge in [0.05, 0.1) is 12.4 Å². The van der Waals surface area contributed by atoms with Crippen molar-refractivity contribution in [2.75, 3.05) is 5.43 Å². The summed E-state index contributed by atoms with van der Waals surface area (Å²) in [6.45, 7) is 0. The van der Waals surface area contributed by atoms with E-state index in [0.29, 0.717) is 11.4 Å². The van der Waals surface area contributed by atoms with E-state index in [1.165, 1.54) is 18.3 Å². The molecule has 0 radical (unpaired) electrons. The summed E-state index contributed by atoms with van der Waals surface area (Å²) in [5.41, 5.74) is 3.50. The minimum Gasteiger partial charge on any atom is -0.259 e. The largest absolute Gasteiger partial charge is 0.259 e. The first-order chi connectivity index (χ1) is 9.83. The van der Waals surface area contributed by atoms with Crippen LogP contribution in [-0.4, -0.2) is 16.4 Å². The normalized spacial score (nSPS) is 11.1. The van der Waals surface area contributed by atoms with Crippen LogP contribution in [0.2, 0.25) is 0 Å². The lowest BCUT2D eigenvalue weighted by molar-refractivity contribution is 0.627. The molecule has 0 fully saturated rings. The summed E-state index contributed by atoms with van der Waals surface area (Å²) in [6, 6.07) is 13.9. The highest BCUT2D eigenvalue weighted by Gasteiger charge is 2.00. The van der Waals surface area contributed by atoms with Crippen molar-refractivity contribution in [2.45, 2.75) is 0 Å². The number of nitrogens with zero attached hydrogens (tertiary/aromatic N) is 3. The Balaban J connectivity index is 1.84. The second-order valence-corrected chi connectivity index (χ2v) is 4.21. The number of fused-ring (bicyclic) bond motifs is 1. The minimum absolute atomic E-state index is 0.293. The van der Waals surface area contributed by atoms with Crippen molar-refractivity contribution in [3.63, 3.8) is 0 Å². The quantitative estimate of drug-likeness (QED) is 0.585. The van der Waals surface area contributed by atoms with Crippen LogP contribution >= 0.6 is 0 Å². The van der Waals surface area contributed by atoms with E-state index in [2.05, 4.69) is 20.7 Å². The fourth-order valence-electron chi connectivity index (χ4n) is 1.87. The molecule has 0 aliphatic carbocycles. The van der Waals surface area contributed by atoms with E-state index in [4.69, 9.17) is 0 Å². The summed E-state index contributed by atoms with van der Waals surface area (Å²) in [7, 11) is 0. The van der Waals surface area contributed by atoms with Crippen molar-refractivity contribution in [1.29, 1.82) is 0 Å². The Morgan fingerprint density at radius 3 is 2.90 bits per heavy atom. The number of hydrazone groups is 1. The van der Waals surface area contributed by atoms with Crippen molar-refractivity contribution >= 4 is 22.8 Å². The van der Waals surface area contributed by atoms with Crippen LogP contribution in [-0.2, 0) is 0 Å². The van der Waals surface area contributed by atoms with Gasteiger partial charge in [0.25, 0.3) is 0 Å². The number of anilines is 1. The Bertz CT molecular complexity index is 765. The molecule has 0 amide bonds. The first-order valence-electron chi connectivity index (χ1n) is 6.08. The Hall–Kier alpha value is -2.82. The summed E-state index contributed by atoms with van der Waals surface area (Å²) in [4.78, 5) is 0. The lowest BCUT2D eigenvalue weighted by atomic mass is 10.2. The van der Waals surface area contributed by atoms with E-state index in [-0.39, 0.29) is 5.82 Å². The van der Waals surface area contributed by atoms with Crippen molar-refractivity contribution < 1.29 is 4.39 Å². The van der Waals surface area contributed by atoms with Gasteiger partial charge in [0.1, 0.15) is 5.82 Å². The third-order valence-corrected chi connectivity index (χ3v) is 2.80. The van der Waals surface area contributed by atoms with Crippen molar-refractivity contribution in [3.8, 4) is 0 Å². The maximum atomic E-state index is 13.0. The number of rotatable bonds is 3. The molecule has 20 heavy (non-hydrogen) atoms. The maximum absolute atomic E-state index is 13.0. The molecule has 2 aromatic carbocycles. The van der Waals surface area contributed by atoms with E-state index >= 15 is 0 Å². The summed E-state index contributed by atoms with van der Waals surface area (Å²) in [5, 5.41) is 13.9. The third kappa shape index (κ3) is 2.61. The zero-order valence-electron chi connectivity index (χ0n) is 10.5. The van der Waals surface area contributed by atoms with Crippen LogP contribution in [0.1, 0.15) is 5.56 Å². The second kappa shape index (κ2) is 5.44. The molecule has 3 rings (SSSR count). The fraction of sp³-hybridized carbons (Fsp3) is 0. The van der Waals surface area contributed by atoms with Gasteiger partial charge in [0.15, 0.2) is 5.82 Å². The van der Waals surface area contributed by atoms with Gasteiger partial charge in [-0.2, -0.15) is 10.2 Å². The van der Waals surface area contributed by atoms with Gasteiger partial charge in [-0.05, 0) is 17.7 Å². The van der Waals surface area contributed by atoms with E-state index in [1.54, 1.807) is 18.3 Å². The van der Waals surface area contributed by atoms with Crippen LogP contribution in [0.25, 0.3) is 10.8 Å². The highest BCUT2D eigenvalue weighted by Crippen LogP contribution is 2.18. The molecule has 0 spiro atoms. The highest BCUT2D eigenvalue weighted by atomic mass is 19.1. The van der Waals surface area contributed by atoms with Crippen molar-refractivity contribution in [2.24, 2.45) is 5.10 Å². The monoisotopic (exact) mass is 266 g/mol. The molecule has 0 aliphatic heterocycles. The molecule has 0 saturated carbocycles. The Morgan fingerprint density at radius 1 is 1.10 bits per heavy atom. The molecule has 0 atom stereocenters. The summed E-state index contributed by atoms with van der Waals surface area (Å²) < 4.78 is 13.0. The molecule has 0 aliphatic rings. The van der Waals surface area contributed by atoms with Crippen LogP contribution in [0.3, 0.4) is 0 Å². The molecule has 0 saturated heterocycles. The smallest absolute Gasteiger partial charge is 0.176 e. The van der Waals surface area contributed by atoms with Gasteiger partial charge < -0.3 is 0 Å². The number of hydrogen-bond donors (Lipinski definition) is 1. The zero-order chi connectivity index (χ0) is 13.8. The van der Waals surface area contributed by atoms with Gasteiger partial charge in [-0.15, -0.1) is 5.10 Å². The first kappa shape index (κ1) is 12.2. The first-order valence-corrected chi connectivity index (χ1v) is 6.08. The second-order valence-electron chi connectivity index (χ2n) is 4.21. The third-order valence-electron chi connectivity index (χ3n) is 2.80. The van der Waals surface area contributed by atoms with Crippen LogP contribution in [0.5, 0.6) is 0 Å². The van der Waals surface area contributed by atoms with Crippen LogP contribution in [0, 0.1) is 5.82 Å². The molecule has 0 unspecified atom stereocenters. The van der Waals surface area contributed by atoms with Gasteiger partial charge in [0.2, 0.25) is 0 Å². The lowest BCUT2D eigenvalue weighted by Crippen LogP contribution is -1.96. The van der Waals surface area contributed by atoms with Gasteiger partial charge in [0, 0.05) is 10.8 Å². The van der Waals surface area contributed by atoms with Gasteiger partial charge >= 0.3 is 0 Å².